The first-order valence-corrected chi connectivity index (χ1v) is 6.71. The number of pyridine rings is 1. The van der Waals surface area contributed by atoms with Gasteiger partial charge in [0.2, 0.25) is 11.8 Å². The zero-order valence-electron chi connectivity index (χ0n) is 10.0. The zero-order valence-corrected chi connectivity index (χ0v) is 11.6. The Hall–Kier alpha value is -1.43. The molecular weight excluding hydrogens is 296 g/mol. The highest BCUT2D eigenvalue weighted by Crippen LogP contribution is 2.35. The molecule has 3 heterocycles. The first-order chi connectivity index (χ1) is 8.74. The SMILES string of the molecule is Cc1nnc(C2CCCN2c2cc(Br)ccn2)o1. The average Bonchev–Trinajstić information content (AvgIpc) is 2.96. The van der Waals surface area contributed by atoms with E-state index in [9.17, 15) is 0 Å². The van der Waals surface area contributed by atoms with Crippen molar-refractivity contribution in [2.45, 2.75) is 25.8 Å². The normalized spacial score (nSPS) is 19.4. The van der Waals surface area contributed by atoms with Gasteiger partial charge in [-0.1, -0.05) is 15.9 Å². The molecule has 1 saturated heterocycles. The predicted molar refractivity (Wildman–Crippen MR) is 70.3 cm³/mol. The lowest BCUT2D eigenvalue weighted by molar-refractivity contribution is 0.429. The van der Waals surface area contributed by atoms with Crippen LogP contribution in [0.25, 0.3) is 0 Å². The standard InChI is InChI=1S/C12H13BrN4O/c1-8-15-16-12(18-8)10-3-2-6-17(10)11-7-9(13)4-5-14-11/h4-5,7,10H,2-3,6H2,1H3. The van der Waals surface area contributed by atoms with Gasteiger partial charge < -0.3 is 9.32 Å². The van der Waals surface area contributed by atoms with E-state index >= 15 is 0 Å². The van der Waals surface area contributed by atoms with Crippen LogP contribution in [-0.4, -0.2) is 21.7 Å². The predicted octanol–water partition coefficient (Wildman–Crippen LogP) is 2.88. The average molecular weight is 309 g/mol. The van der Waals surface area contributed by atoms with E-state index in [1.165, 1.54) is 0 Å². The van der Waals surface area contributed by atoms with Crippen LogP contribution in [0.15, 0.2) is 27.2 Å². The van der Waals surface area contributed by atoms with E-state index < -0.39 is 0 Å². The van der Waals surface area contributed by atoms with Crippen molar-refractivity contribution in [3.8, 4) is 0 Å². The van der Waals surface area contributed by atoms with Crippen molar-refractivity contribution in [1.82, 2.24) is 15.2 Å². The number of aromatic nitrogens is 3. The molecule has 0 aromatic carbocycles. The second-order valence-electron chi connectivity index (χ2n) is 4.34. The van der Waals surface area contributed by atoms with Crippen molar-refractivity contribution in [3.05, 3.63) is 34.6 Å². The molecule has 1 aliphatic rings. The van der Waals surface area contributed by atoms with Gasteiger partial charge in [-0.15, -0.1) is 10.2 Å². The van der Waals surface area contributed by atoms with Crippen LogP contribution in [0.3, 0.4) is 0 Å². The molecule has 18 heavy (non-hydrogen) atoms. The van der Waals surface area contributed by atoms with E-state index in [0.717, 1.165) is 29.7 Å². The van der Waals surface area contributed by atoms with Crippen LogP contribution >= 0.6 is 15.9 Å². The number of aryl methyl sites for hydroxylation is 1. The van der Waals surface area contributed by atoms with Crippen LogP contribution in [-0.2, 0) is 0 Å². The summed E-state index contributed by atoms with van der Waals surface area (Å²) in [4.78, 5) is 6.63. The second-order valence-corrected chi connectivity index (χ2v) is 5.26. The molecule has 0 bridgehead atoms. The highest BCUT2D eigenvalue weighted by atomic mass is 79.9. The lowest BCUT2D eigenvalue weighted by atomic mass is 10.2. The molecule has 94 valence electrons. The number of hydrogen-bond acceptors (Lipinski definition) is 5. The minimum Gasteiger partial charge on any atom is -0.423 e. The van der Waals surface area contributed by atoms with Crippen LogP contribution in [0.1, 0.15) is 30.7 Å². The van der Waals surface area contributed by atoms with Gasteiger partial charge in [-0.25, -0.2) is 4.98 Å². The minimum atomic E-state index is 0.146. The van der Waals surface area contributed by atoms with Crippen LogP contribution in [0, 0.1) is 6.92 Å². The van der Waals surface area contributed by atoms with Gasteiger partial charge in [0, 0.05) is 24.1 Å². The van der Waals surface area contributed by atoms with Crippen molar-refractivity contribution < 1.29 is 4.42 Å². The molecule has 2 aromatic heterocycles. The zero-order chi connectivity index (χ0) is 12.5. The monoisotopic (exact) mass is 308 g/mol. The van der Waals surface area contributed by atoms with Crippen molar-refractivity contribution >= 4 is 21.7 Å². The van der Waals surface area contributed by atoms with Gasteiger partial charge in [0.1, 0.15) is 11.9 Å². The number of rotatable bonds is 2. The van der Waals surface area contributed by atoms with Gasteiger partial charge in [-0.3, -0.25) is 0 Å². The van der Waals surface area contributed by atoms with Crippen molar-refractivity contribution in [3.63, 3.8) is 0 Å². The molecule has 0 spiro atoms. The van der Waals surface area contributed by atoms with Gasteiger partial charge in [-0.05, 0) is 25.0 Å². The lowest BCUT2D eigenvalue weighted by Gasteiger charge is -2.22. The molecule has 5 nitrogen and oxygen atoms in total. The van der Waals surface area contributed by atoms with Crippen LogP contribution in [0.4, 0.5) is 5.82 Å². The highest BCUT2D eigenvalue weighted by Gasteiger charge is 2.31. The fourth-order valence-corrected chi connectivity index (χ4v) is 2.62. The molecule has 1 unspecified atom stereocenters. The second kappa shape index (κ2) is 4.68. The minimum absolute atomic E-state index is 0.146. The molecule has 1 atom stereocenters. The largest absolute Gasteiger partial charge is 0.423 e. The maximum atomic E-state index is 5.55. The van der Waals surface area contributed by atoms with Crippen LogP contribution in [0.2, 0.25) is 0 Å². The summed E-state index contributed by atoms with van der Waals surface area (Å²) in [5.74, 6) is 2.24. The van der Waals surface area contributed by atoms with E-state index in [4.69, 9.17) is 4.42 Å². The Morgan fingerprint density at radius 1 is 1.44 bits per heavy atom. The first-order valence-electron chi connectivity index (χ1n) is 5.92. The molecule has 0 radical (unpaired) electrons. The smallest absolute Gasteiger partial charge is 0.238 e. The summed E-state index contributed by atoms with van der Waals surface area (Å²) in [6.07, 6.45) is 3.93. The first kappa shape index (κ1) is 11.6. The number of halogens is 1. The van der Waals surface area contributed by atoms with E-state index in [0.29, 0.717) is 11.8 Å². The quantitative estimate of drug-likeness (QED) is 0.854. The molecule has 2 aromatic rings. The van der Waals surface area contributed by atoms with Gasteiger partial charge in [-0.2, -0.15) is 0 Å². The maximum Gasteiger partial charge on any atom is 0.238 e. The van der Waals surface area contributed by atoms with E-state index in [1.807, 2.05) is 19.1 Å². The summed E-state index contributed by atoms with van der Waals surface area (Å²) in [5.41, 5.74) is 0. The Morgan fingerprint density at radius 2 is 2.33 bits per heavy atom. The fourth-order valence-electron chi connectivity index (χ4n) is 2.29. The van der Waals surface area contributed by atoms with Crippen molar-refractivity contribution in [2.75, 3.05) is 11.4 Å². The molecule has 1 aliphatic heterocycles. The van der Waals surface area contributed by atoms with Gasteiger partial charge in [0.05, 0.1) is 0 Å². The molecule has 0 saturated carbocycles. The molecule has 0 N–H and O–H groups in total. The molecule has 3 rings (SSSR count). The Bertz CT molecular complexity index is 557. The highest BCUT2D eigenvalue weighted by molar-refractivity contribution is 9.10. The Labute approximate surface area is 113 Å². The van der Waals surface area contributed by atoms with Crippen LogP contribution < -0.4 is 4.90 Å². The maximum absolute atomic E-state index is 5.55. The topological polar surface area (TPSA) is 55.1 Å². The number of nitrogens with zero attached hydrogens (tertiary/aromatic N) is 4. The third kappa shape index (κ3) is 2.12. The summed E-state index contributed by atoms with van der Waals surface area (Å²) in [6.45, 7) is 2.78. The summed E-state index contributed by atoms with van der Waals surface area (Å²) in [5, 5.41) is 8.03. The Kier molecular flexibility index (Phi) is 3.03. The number of anilines is 1. The molecular formula is C12H13BrN4O. The van der Waals surface area contributed by atoms with Crippen LogP contribution in [0.5, 0.6) is 0 Å². The molecule has 1 fully saturated rings. The van der Waals surface area contributed by atoms with E-state index in [-0.39, 0.29) is 6.04 Å². The van der Waals surface area contributed by atoms with Crippen molar-refractivity contribution in [2.24, 2.45) is 0 Å². The Morgan fingerprint density at radius 3 is 3.06 bits per heavy atom. The summed E-state index contributed by atoms with van der Waals surface area (Å²) in [6, 6.07) is 4.08. The molecule has 0 amide bonds. The fraction of sp³-hybridized carbons (Fsp3) is 0.417. The third-order valence-electron chi connectivity index (χ3n) is 3.08. The van der Waals surface area contributed by atoms with Gasteiger partial charge >= 0.3 is 0 Å². The van der Waals surface area contributed by atoms with Gasteiger partial charge in [0.15, 0.2) is 0 Å². The van der Waals surface area contributed by atoms with E-state index in [1.54, 1.807) is 6.20 Å². The third-order valence-corrected chi connectivity index (χ3v) is 3.57. The van der Waals surface area contributed by atoms with Gasteiger partial charge in [0.25, 0.3) is 0 Å². The summed E-state index contributed by atoms with van der Waals surface area (Å²) in [7, 11) is 0. The van der Waals surface area contributed by atoms with E-state index in [2.05, 4.69) is 36.0 Å². The molecule has 6 heteroatoms. The summed E-state index contributed by atoms with van der Waals surface area (Å²) >= 11 is 3.47. The lowest BCUT2D eigenvalue weighted by Crippen LogP contribution is -2.23. The molecule has 0 aliphatic carbocycles. The van der Waals surface area contributed by atoms with Crippen molar-refractivity contribution in [1.29, 1.82) is 0 Å². The Balaban J connectivity index is 1.92. The summed E-state index contributed by atoms with van der Waals surface area (Å²) < 4.78 is 6.57. The number of hydrogen-bond donors (Lipinski definition) is 0.